The molecule has 88 valence electrons. The van der Waals surface area contributed by atoms with E-state index in [1.54, 1.807) is 6.92 Å². The molecule has 0 amide bonds. The fourth-order valence-electron chi connectivity index (χ4n) is 1.35. The van der Waals surface area contributed by atoms with Gasteiger partial charge in [0.1, 0.15) is 11.5 Å². The predicted octanol–water partition coefficient (Wildman–Crippen LogP) is 1.05. The summed E-state index contributed by atoms with van der Waals surface area (Å²) in [6.45, 7) is 2.01. The number of phenols is 2. The number of aromatic hydroxyl groups is 2. The molecule has 0 aromatic heterocycles. The van der Waals surface area contributed by atoms with Gasteiger partial charge in [0.25, 0.3) is 0 Å². The van der Waals surface area contributed by atoms with Gasteiger partial charge >= 0.3 is 5.97 Å². The van der Waals surface area contributed by atoms with Crippen molar-refractivity contribution in [1.29, 1.82) is 0 Å². The number of carbonyl (C=O) groups excluding carboxylic acids is 1. The molecule has 0 bridgehead atoms. The Morgan fingerprint density at radius 3 is 2.44 bits per heavy atom. The standard InChI is InChI=1S/C11H15NO4/c1-2-16-11(15)6-10(12)7-3-8(13)5-9(14)4-7/h3-5,10,13-14H,2,6,12H2,1H3/t10-/m1/s1. The Hall–Kier alpha value is -1.75. The molecule has 0 radical (unpaired) electrons. The number of nitrogens with two attached hydrogens (primary N) is 1. The van der Waals surface area contributed by atoms with Gasteiger partial charge in [-0.15, -0.1) is 0 Å². The first-order chi connectivity index (χ1) is 7.52. The van der Waals surface area contributed by atoms with Crippen LogP contribution in [0.25, 0.3) is 0 Å². The summed E-state index contributed by atoms with van der Waals surface area (Å²) >= 11 is 0. The van der Waals surface area contributed by atoms with Crippen LogP contribution in [-0.2, 0) is 9.53 Å². The largest absolute Gasteiger partial charge is 0.508 e. The van der Waals surface area contributed by atoms with Crippen molar-refractivity contribution < 1.29 is 19.7 Å². The molecule has 1 aromatic rings. The maximum Gasteiger partial charge on any atom is 0.307 e. The molecule has 1 atom stereocenters. The van der Waals surface area contributed by atoms with Gasteiger partial charge in [-0.1, -0.05) is 0 Å². The highest BCUT2D eigenvalue weighted by molar-refractivity contribution is 5.70. The number of esters is 1. The molecule has 1 rings (SSSR count). The monoisotopic (exact) mass is 225 g/mol. The summed E-state index contributed by atoms with van der Waals surface area (Å²) in [6.07, 6.45) is 0.0106. The third-order valence-electron chi connectivity index (χ3n) is 2.04. The fraction of sp³-hybridized carbons (Fsp3) is 0.364. The van der Waals surface area contributed by atoms with E-state index >= 15 is 0 Å². The molecule has 0 saturated carbocycles. The van der Waals surface area contributed by atoms with E-state index in [1.807, 2.05) is 0 Å². The molecular formula is C11H15NO4. The zero-order valence-electron chi connectivity index (χ0n) is 9.01. The van der Waals surface area contributed by atoms with Crippen LogP contribution in [0, 0.1) is 0 Å². The van der Waals surface area contributed by atoms with E-state index in [0.717, 1.165) is 0 Å². The SMILES string of the molecule is CCOC(=O)C[C@@H](N)c1cc(O)cc(O)c1. The van der Waals surface area contributed by atoms with Crippen molar-refractivity contribution in [3.63, 3.8) is 0 Å². The summed E-state index contributed by atoms with van der Waals surface area (Å²) in [5.41, 5.74) is 6.23. The molecule has 5 heteroatoms. The first-order valence-corrected chi connectivity index (χ1v) is 4.97. The van der Waals surface area contributed by atoms with Gasteiger partial charge in [-0.2, -0.15) is 0 Å². The van der Waals surface area contributed by atoms with Crippen molar-refractivity contribution in [3.8, 4) is 11.5 Å². The van der Waals surface area contributed by atoms with E-state index in [1.165, 1.54) is 18.2 Å². The fourth-order valence-corrected chi connectivity index (χ4v) is 1.35. The number of rotatable bonds is 4. The Morgan fingerprint density at radius 1 is 1.38 bits per heavy atom. The topological polar surface area (TPSA) is 92.8 Å². The highest BCUT2D eigenvalue weighted by Gasteiger charge is 2.13. The van der Waals surface area contributed by atoms with Crippen molar-refractivity contribution in [3.05, 3.63) is 23.8 Å². The quantitative estimate of drug-likeness (QED) is 0.666. The van der Waals surface area contributed by atoms with Gasteiger partial charge in [-0.3, -0.25) is 4.79 Å². The summed E-state index contributed by atoms with van der Waals surface area (Å²) in [4.78, 5) is 11.2. The Morgan fingerprint density at radius 2 is 1.94 bits per heavy atom. The lowest BCUT2D eigenvalue weighted by atomic mass is 10.0. The van der Waals surface area contributed by atoms with Crippen LogP contribution in [0.4, 0.5) is 0 Å². The molecule has 0 saturated heterocycles. The van der Waals surface area contributed by atoms with Crippen LogP contribution in [0.15, 0.2) is 18.2 Å². The molecule has 1 aromatic carbocycles. The minimum Gasteiger partial charge on any atom is -0.508 e. The molecule has 0 spiro atoms. The second-order valence-corrected chi connectivity index (χ2v) is 3.40. The van der Waals surface area contributed by atoms with E-state index in [4.69, 9.17) is 10.5 Å². The van der Waals surface area contributed by atoms with Crippen LogP contribution in [0.3, 0.4) is 0 Å². The zero-order valence-corrected chi connectivity index (χ0v) is 9.01. The zero-order chi connectivity index (χ0) is 12.1. The predicted molar refractivity (Wildman–Crippen MR) is 58.0 cm³/mol. The molecule has 0 aliphatic rings. The van der Waals surface area contributed by atoms with Crippen molar-refractivity contribution in [2.45, 2.75) is 19.4 Å². The Balaban J connectivity index is 2.72. The third kappa shape index (κ3) is 3.43. The second kappa shape index (κ2) is 5.37. The van der Waals surface area contributed by atoms with Gasteiger partial charge in [0.2, 0.25) is 0 Å². The lowest BCUT2D eigenvalue weighted by Gasteiger charge is -2.11. The van der Waals surface area contributed by atoms with Crippen LogP contribution in [-0.4, -0.2) is 22.8 Å². The molecule has 16 heavy (non-hydrogen) atoms. The lowest BCUT2D eigenvalue weighted by molar-refractivity contribution is -0.143. The van der Waals surface area contributed by atoms with Crippen LogP contribution in [0.2, 0.25) is 0 Å². The summed E-state index contributed by atoms with van der Waals surface area (Å²) in [5.74, 6) is -0.582. The number of phenolic OH excluding ortho intramolecular Hbond substituents is 2. The van der Waals surface area contributed by atoms with Gasteiger partial charge in [0, 0.05) is 12.1 Å². The Bertz CT molecular complexity index is 358. The van der Waals surface area contributed by atoms with Crippen molar-refractivity contribution >= 4 is 5.97 Å². The smallest absolute Gasteiger partial charge is 0.307 e. The number of hydrogen-bond acceptors (Lipinski definition) is 5. The molecule has 4 N–H and O–H groups in total. The molecular weight excluding hydrogens is 210 g/mol. The minimum absolute atomic E-state index is 0.0106. The third-order valence-corrected chi connectivity index (χ3v) is 2.04. The maximum atomic E-state index is 11.2. The highest BCUT2D eigenvalue weighted by Crippen LogP contribution is 2.25. The van der Waals surface area contributed by atoms with Crippen LogP contribution in [0.5, 0.6) is 11.5 Å². The first kappa shape index (κ1) is 12.3. The second-order valence-electron chi connectivity index (χ2n) is 3.40. The van der Waals surface area contributed by atoms with Crippen molar-refractivity contribution in [1.82, 2.24) is 0 Å². The highest BCUT2D eigenvalue weighted by atomic mass is 16.5. The van der Waals surface area contributed by atoms with Crippen LogP contribution in [0.1, 0.15) is 24.9 Å². The number of benzene rings is 1. The first-order valence-electron chi connectivity index (χ1n) is 4.97. The molecule has 0 fully saturated rings. The van der Waals surface area contributed by atoms with Gasteiger partial charge in [-0.05, 0) is 24.6 Å². The summed E-state index contributed by atoms with van der Waals surface area (Å²) < 4.78 is 4.75. The van der Waals surface area contributed by atoms with Gasteiger partial charge in [0.15, 0.2) is 0 Å². The van der Waals surface area contributed by atoms with Gasteiger partial charge < -0.3 is 20.7 Å². The number of hydrogen-bond donors (Lipinski definition) is 3. The van der Waals surface area contributed by atoms with Gasteiger partial charge in [-0.25, -0.2) is 0 Å². The lowest BCUT2D eigenvalue weighted by Crippen LogP contribution is -2.17. The summed E-state index contributed by atoms with van der Waals surface area (Å²) in [7, 11) is 0. The molecule has 0 unspecified atom stereocenters. The Kier molecular flexibility index (Phi) is 4.13. The maximum absolute atomic E-state index is 11.2. The summed E-state index contributed by atoms with van der Waals surface area (Å²) in [5, 5.41) is 18.5. The van der Waals surface area contributed by atoms with Gasteiger partial charge in [0.05, 0.1) is 13.0 Å². The molecule has 0 heterocycles. The van der Waals surface area contributed by atoms with Crippen LogP contribution < -0.4 is 5.73 Å². The van der Waals surface area contributed by atoms with E-state index in [0.29, 0.717) is 12.2 Å². The van der Waals surface area contributed by atoms with Crippen LogP contribution >= 0.6 is 0 Å². The number of ether oxygens (including phenoxy) is 1. The summed E-state index contributed by atoms with van der Waals surface area (Å²) in [6, 6.07) is 3.41. The van der Waals surface area contributed by atoms with Crippen molar-refractivity contribution in [2.24, 2.45) is 5.73 Å². The molecule has 5 nitrogen and oxygen atoms in total. The van der Waals surface area contributed by atoms with E-state index in [2.05, 4.69) is 0 Å². The minimum atomic E-state index is -0.600. The molecule has 0 aliphatic heterocycles. The normalized spacial score (nSPS) is 12.1. The van der Waals surface area contributed by atoms with Crippen molar-refractivity contribution in [2.75, 3.05) is 6.61 Å². The Labute approximate surface area is 93.5 Å². The number of carbonyl (C=O) groups is 1. The average Bonchev–Trinajstić information content (AvgIpc) is 2.16. The average molecular weight is 225 g/mol. The van der Waals surface area contributed by atoms with E-state index in [-0.39, 0.29) is 17.9 Å². The molecule has 0 aliphatic carbocycles. The van der Waals surface area contributed by atoms with E-state index in [9.17, 15) is 15.0 Å². The van der Waals surface area contributed by atoms with E-state index < -0.39 is 12.0 Å².